The van der Waals surface area contributed by atoms with E-state index in [0.717, 1.165) is 39.2 Å². The van der Waals surface area contributed by atoms with E-state index in [-0.39, 0.29) is 0 Å². The Kier molecular flexibility index (Phi) is 7.10. The van der Waals surface area contributed by atoms with Crippen LogP contribution in [0.4, 0.5) is 0 Å². The average Bonchev–Trinajstić information content (AvgIpc) is 3.53. The van der Waals surface area contributed by atoms with Crippen molar-refractivity contribution in [3.05, 3.63) is 181 Å². The molecule has 3 heteroatoms. The third-order valence-electron chi connectivity index (χ3n) is 9.07. The second-order valence-corrected chi connectivity index (χ2v) is 13.1. The van der Waals surface area contributed by atoms with Gasteiger partial charge in [-0.25, -0.2) is 4.98 Å². The summed E-state index contributed by atoms with van der Waals surface area (Å²) in [4.78, 5) is 7.71. The Hall–Kier alpha value is -5.90. The number of benzene rings is 7. The average molecular weight is 631 g/mol. The molecule has 0 bridgehead atoms. The Labute approximate surface area is 284 Å². The largest absolute Gasteiger partial charge is 0.292 e. The lowest BCUT2D eigenvalue weighted by Gasteiger charge is -2.15. The molecule has 0 fully saturated rings. The number of hydrogen-bond acceptors (Lipinski definition) is 2. The molecule has 226 valence electrons. The van der Waals surface area contributed by atoms with Crippen LogP contribution in [0.15, 0.2) is 180 Å². The first kappa shape index (κ1) is 28.3. The molecular weight excluding hydrogens is 601 g/mol. The molecular formula is C45H30N2S. The number of hydrogen-bond donors (Lipinski definition) is 0. The zero-order valence-corrected chi connectivity index (χ0v) is 26.9. The van der Waals surface area contributed by atoms with Gasteiger partial charge in [0.25, 0.3) is 0 Å². The van der Waals surface area contributed by atoms with E-state index in [0.29, 0.717) is 0 Å². The highest BCUT2D eigenvalue weighted by Crippen LogP contribution is 2.44. The van der Waals surface area contributed by atoms with Gasteiger partial charge in [0.1, 0.15) is 5.82 Å². The highest BCUT2D eigenvalue weighted by Gasteiger charge is 2.18. The number of para-hydroxylation sites is 1. The summed E-state index contributed by atoms with van der Waals surface area (Å²) < 4.78 is 2.26. The van der Waals surface area contributed by atoms with Gasteiger partial charge in [0.05, 0.1) is 11.0 Å². The number of rotatable bonds is 3. The lowest BCUT2D eigenvalue weighted by Crippen LogP contribution is -1.97. The predicted molar refractivity (Wildman–Crippen MR) is 202 cm³/mol. The van der Waals surface area contributed by atoms with E-state index < -0.39 is 0 Å². The number of nitrogens with zero attached hydrogens (tertiary/aromatic N) is 2. The molecule has 0 amide bonds. The van der Waals surface area contributed by atoms with Gasteiger partial charge in [-0.1, -0.05) is 151 Å². The van der Waals surface area contributed by atoms with Crippen molar-refractivity contribution in [2.24, 2.45) is 0 Å². The zero-order chi connectivity index (χ0) is 31.9. The summed E-state index contributed by atoms with van der Waals surface area (Å²) in [5.74, 6) is 0.937. The van der Waals surface area contributed by atoms with E-state index in [4.69, 9.17) is 4.98 Å². The van der Waals surface area contributed by atoms with E-state index >= 15 is 0 Å². The topological polar surface area (TPSA) is 17.8 Å². The van der Waals surface area contributed by atoms with Gasteiger partial charge >= 0.3 is 0 Å². The molecule has 1 aliphatic rings. The normalized spacial score (nSPS) is 12.0. The lowest BCUT2D eigenvalue weighted by atomic mass is 9.93. The van der Waals surface area contributed by atoms with Gasteiger partial charge in [-0.2, -0.15) is 0 Å². The van der Waals surface area contributed by atoms with Crippen molar-refractivity contribution in [1.29, 1.82) is 0 Å². The van der Waals surface area contributed by atoms with E-state index in [1.165, 1.54) is 43.2 Å². The Balaban J connectivity index is 1.22. The molecule has 48 heavy (non-hydrogen) atoms. The first-order valence-electron chi connectivity index (χ1n) is 16.2. The van der Waals surface area contributed by atoms with Crippen LogP contribution in [0.1, 0.15) is 11.1 Å². The van der Waals surface area contributed by atoms with Crippen molar-refractivity contribution in [2.45, 2.75) is 9.79 Å². The van der Waals surface area contributed by atoms with Gasteiger partial charge in [-0.3, -0.25) is 4.57 Å². The molecule has 2 nitrogen and oxygen atoms in total. The smallest absolute Gasteiger partial charge is 0.145 e. The van der Waals surface area contributed by atoms with Gasteiger partial charge in [-0.15, -0.1) is 0 Å². The van der Waals surface area contributed by atoms with Gasteiger partial charge in [0.2, 0.25) is 0 Å². The molecule has 2 heterocycles. The standard InChI is InChI=1S/C45H30N2S/c1-3-14-33(15-4-1)45-46-41-30-35(27-28-42(41)47(45)36-16-5-2-6-17-36)34-26-25-32-24-23-31-13-7-8-18-37(31)38-19-9-11-21-43(38)48-44-22-12-10-20-39(44)40(32)29-34/h1-30H. The van der Waals surface area contributed by atoms with E-state index in [1.807, 2.05) is 17.8 Å². The Morgan fingerprint density at radius 1 is 0.417 bits per heavy atom. The van der Waals surface area contributed by atoms with Gasteiger partial charge in [0, 0.05) is 21.0 Å². The summed E-state index contributed by atoms with van der Waals surface area (Å²) >= 11 is 1.84. The highest BCUT2D eigenvalue weighted by atomic mass is 32.2. The van der Waals surface area contributed by atoms with Crippen LogP contribution in [0.25, 0.3) is 73.6 Å². The third-order valence-corrected chi connectivity index (χ3v) is 10.2. The monoisotopic (exact) mass is 630 g/mol. The maximum atomic E-state index is 5.22. The van der Waals surface area contributed by atoms with Crippen molar-refractivity contribution in [3.63, 3.8) is 0 Å². The molecule has 0 radical (unpaired) electrons. The molecule has 0 N–H and O–H groups in total. The number of aromatic nitrogens is 2. The molecule has 0 aliphatic carbocycles. The lowest BCUT2D eigenvalue weighted by molar-refractivity contribution is 1.10. The summed E-state index contributed by atoms with van der Waals surface area (Å²) in [5.41, 5.74) is 13.9. The summed E-state index contributed by atoms with van der Waals surface area (Å²) in [6.07, 6.45) is 4.53. The molecule has 8 aromatic rings. The summed E-state index contributed by atoms with van der Waals surface area (Å²) in [5, 5.41) is 0. The minimum absolute atomic E-state index is 0.937. The third kappa shape index (κ3) is 5.06. The summed E-state index contributed by atoms with van der Waals surface area (Å²) in [6, 6.07) is 60.7. The SMILES string of the molecule is C1=Cc2ccc(-c3ccc4c(c3)nc(-c3ccccc3)n4-c3ccccc3)cc2-c2ccccc2Sc2ccccc2-c2ccccc21. The Bertz CT molecular complexity index is 2470. The van der Waals surface area contributed by atoms with Crippen molar-refractivity contribution < 1.29 is 0 Å². The fourth-order valence-electron chi connectivity index (χ4n) is 6.74. The molecule has 7 aromatic carbocycles. The maximum Gasteiger partial charge on any atom is 0.145 e. The Morgan fingerprint density at radius 3 is 1.73 bits per heavy atom. The van der Waals surface area contributed by atoms with Crippen LogP contribution in [0, 0.1) is 0 Å². The minimum atomic E-state index is 0.937. The van der Waals surface area contributed by atoms with Gasteiger partial charge in [-0.05, 0) is 87.0 Å². The molecule has 1 aromatic heterocycles. The molecule has 0 atom stereocenters. The van der Waals surface area contributed by atoms with Crippen LogP contribution in [0.5, 0.6) is 0 Å². The maximum absolute atomic E-state index is 5.22. The summed E-state index contributed by atoms with van der Waals surface area (Å²) in [6.45, 7) is 0. The predicted octanol–water partition coefficient (Wildman–Crippen LogP) is 12.3. The molecule has 1 aliphatic heterocycles. The van der Waals surface area contributed by atoms with E-state index in [2.05, 4.69) is 181 Å². The van der Waals surface area contributed by atoms with Gasteiger partial charge < -0.3 is 0 Å². The minimum Gasteiger partial charge on any atom is -0.292 e. The van der Waals surface area contributed by atoms with Crippen LogP contribution in [-0.4, -0.2) is 9.55 Å². The van der Waals surface area contributed by atoms with E-state index in [1.54, 1.807) is 0 Å². The molecule has 9 rings (SSSR count). The zero-order valence-electron chi connectivity index (χ0n) is 26.1. The van der Waals surface area contributed by atoms with Crippen LogP contribution in [0.2, 0.25) is 0 Å². The Morgan fingerprint density at radius 2 is 0.979 bits per heavy atom. The van der Waals surface area contributed by atoms with Crippen LogP contribution >= 0.6 is 11.8 Å². The first-order chi connectivity index (χ1) is 23.8. The van der Waals surface area contributed by atoms with Crippen LogP contribution < -0.4 is 0 Å². The molecule has 0 saturated heterocycles. The van der Waals surface area contributed by atoms with Crippen LogP contribution in [0.3, 0.4) is 0 Å². The second-order valence-electron chi connectivity index (χ2n) is 12.0. The van der Waals surface area contributed by atoms with E-state index in [9.17, 15) is 0 Å². The quantitative estimate of drug-likeness (QED) is 0.193. The van der Waals surface area contributed by atoms with Crippen LogP contribution in [-0.2, 0) is 0 Å². The van der Waals surface area contributed by atoms with Crippen molar-refractivity contribution in [2.75, 3.05) is 0 Å². The summed E-state index contributed by atoms with van der Waals surface area (Å²) in [7, 11) is 0. The number of imidazole rings is 1. The highest BCUT2D eigenvalue weighted by molar-refractivity contribution is 7.99. The van der Waals surface area contributed by atoms with Crippen molar-refractivity contribution in [1.82, 2.24) is 9.55 Å². The molecule has 0 saturated carbocycles. The fourth-order valence-corrected chi connectivity index (χ4v) is 7.84. The first-order valence-corrected chi connectivity index (χ1v) is 17.0. The van der Waals surface area contributed by atoms with Crippen molar-refractivity contribution in [3.8, 4) is 50.5 Å². The molecule has 0 spiro atoms. The molecule has 0 unspecified atom stereocenters. The second kappa shape index (κ2) is 12.0. The fraction of sp³-hybridized carbons (Fsp3) is 0. The van der Waals surface area contributed by atoms with Crippen molar-refractivity contribution >= 4 is 34.9 Å². The van der Waals surface area contributed by atoms with Gasteiger partial charge in [0.15, 0.2) is 0 Å². The number of fused-ring (bicyclic) bond motifs is 7.